The number of nitrogens with two attached hydrogens (primary N) is 1. The van der Waals surface area contributed by atoms with Gasteiger partial charge in [0.05, 0.1) is 11.6 Å². The second kappa shape index (κ2) is 11.6. The Morgan fingerprint density at radius 1 is 1.15 bits per heavy atom. The van der Waals surface area contributed by atoms with Gasteiger partial charge in [0.25, 0.3) is 5.88 Å². The molecule has 1 aliphatic heterocycles. The number of aliphatic hydroxyl groups excluding tert-OH is 1. The average molecular weight is 658 g/mol. The van der Waals surface area contributed by atoms with Crippen LogP contribution >= 0.6 is 0 Å². The van der Waals surface area contributed by atoms with Crippen molar-refractivity contribution in [2.75, 3.05) is 13.6 Å². The molecule has 0 spiro atoms. The van der Waals surface area contributed by atoms with E-state index in [0.29, 0.717) is 5.56 Å². The van der Waals surface area contributed by atoms with Gasteiger partial charge in [-0.3, -0.25) is 14.5 Å². The van der Waals surface area contributed by atoms with Crippen LogP contribution < -0.4 is 15.2 Å². The number of Topliss-reactive ketones (excluding diaryl/α,β-unsaturated/α-hetero) is 2. The minimum atomic E-state index is -2.61. The van der Waals surface area contributed by atoms with Crippen LogP contribution in [0.3, 0.4) is 0 Å². The molecule has 12 heteroatoms. The molecule has 48 heavy (non-hydrogen) atoms. The number of likely N-dealkylation sites (tertiary alicyclic amines) is 1. The van der Waals surface area contributed by atoms with Gasteiger partial charge in [0, 0.05) is 17.5 Å². The SMILES string of the molecule is CN1CCCC1c1cc2c(c(OC(=O)OC(C)(C)C)c1)C(O)=C1C(=O)[C@]3(O)C(=O)c4c(OCc5ccccc5)noc4[C@@H](N)[C@@H]3C[C@@H]1C2. The van der Waals surface area contributed by atoms with Crippen LogP contribution in [0.4, 0.5) is 4.79 Å². The van der Waals surface area contributed by atoms with E-state index in [4.69, 9.17) is 24.5 Å². The first-order valence-electron chi connectivity index (χ1n) is 16.2. The average Bonchev–Trinajstić information content (AvgIpc) is 3.66. The predicted molar refractivity (Wildman–Crippen MR) is 171 cm³/mol. The largest absolute Gasteiger partial charge is 0.514 e. The summed E-state index contributed by atoms with van der Waals surface area (Å²) in [6.07, 6.45) is 1.31. The summed E-state index contributed by atoms with van der Waals surface area (Å²) in [5, 5.41) is 27.9. The Bertz CT molecular complexity index is 1840. The van der Waals surface area contributed by atoms with E-state index >= 15 is 0 Å². The third-order valence-electron chi connectivity index (χ3n) is 9.94. The highest BCUT2D eigenvalue weighted by molar-refractivity contribution is 6.26. The van der Waals surface area contributed by atoms with Crippen molar-refractivity contribution >= 4 is 23.5 Å². The van der Waals surface area contributed by atoms with Crippen molar-refractivity contribution in [3.05, 3.63) is 81.6 Å². The van der Waals surface area contributed by atoms with Gasteiger partial charge >= 0.3 is 6.16 Å². The smallest absolute Gasteiger partial charge is 0.507 e. The van der Waals surface area contributed by atoms with E-state index in [2.05, 4.69) is 10.1 Å². The predicted octanol–water partition coefficient (Wildman–Crippen LogP) is 4.99. The van der Waals surface area contributed by atoms with E-state index in [1.54, 1.807) is 26.8 Å². The molecule has 0 bridgehead atoms. The molecule has 4 aliphatic rings. The minimum absolute atomic E-state index is 0.0343. The lowest BCUT2D eigenvalue weighted by atomic mass is 9.57. The lowest BCUT2D eigenvalue weighted by Crippen LogP contribution is -2.63. The van der Waals surface area contributed by atoms with Gasteiger partial charge in [-0.05, 0) is 93.9 Å². The van der Waals surface area contributed by atoms with E-state index in [0.717, 1.165) is 30.5 Å². The van der Waals surface area contributed by atoms with Gasteiger partial charge in [0.1, 0.15) is 29.3 Å². The fraction of sp³-hybridized carbons (Fsp3) is 0.444. The number of aromatic nitrogens is 1. The molecule has 252 valence electrons. The number of fused-ring (bicyclic) bond motifs is 4. The Morgan fingerprint density at radius 2 is 1.90 bits per heavy atom. The lowest BCUT2D eigenvalue weighted by molar-refractivity contribution is -0.140. The highest BCUT2D eigenvalue weighted by Gasteiger charge is 2.64. The lowest BCUT2D eigenvalue weighted by Gasteiger charge is -2.47. The number of ether oxygens (including phenoxy) is 3. The molecule has 3 aliphatic carbocycles. The van der Waals surface area contributed by atoms with Crippen LogP contribution in [-0.4, -0.2) is 62.8 Å². The third kappa shape index (κ3) is 5.19. The Morgan fingerprint density at radius 3 is 2.58 bits per heavy atom. The van der Waals surface area contributed by atoms with Crippen molar-refractivity contribution in [2.24, 2.45) is 17.6 Å². The monoisotopic (exact) mass is 657 g/mol. The van der Waals surface area contributed by atoms with Crippen molar-refractivity contribution < 1.29 is 43.3 Å². The quantitative estimate of drug-likeness (QED) is 0.191. The Hall–Kier alpha value is -4.52. The molecule has 1 saturated heterocycles. The van der Waals surface area contributed by atoms with E-state index < -0.39 is 52.6 Å². The van der Waals surface area contributed by atoms with Crippen LogP contribution in [0.2, 0.25) is 0 Å². The molecule has 1 unspecified atom stereocenters. The fourth-order valence-electron chi connectivity index (χ4n) is 7.73. The molecule has 1 aromatic heterocycles. The number of hydrogen-bond acceptors (Lipinski definition) is 12. The van der Waals surface area contributed by atoms with Crippen LogP contribution in [0.5, 0.6) is 11.6 Å². The summed E-state index contributed by atoms with van der Waals surface area (Å²) in [7, 11) is 2.03. The molecule has 7 rings (SSSR count). The molecule has 5 atom stereocenters. The minimum Gasteiger partial charge on any atom is -0.507 e. The van der Waals surface area contributed by atoms with Crippen molar-refractivity contribution in [1.82, 2.24) is 10.1 Å². The molecule has 3 aromatic rings. The zero-order chi connectivity index (χ0) is 34.1. The summed E-state index contributed by atoms with van der Waals surface area (Å²) in [6, 6.07) is 11.9. The van der Waals surface area contributed by atoms with Gasteiger partial charge in [0.2, 0.25) is 11.6 Å². The van der Waals surface area contributed by atoms with Gasteiger partial charge in [-0.1, -0.05) is 36.4 Å². The molecular formula is C36H39N3O9. The van der Waals surface area contributed by atoms with Crippen LogP contribution in [-0.2, 0) is 22.6 Å². The molecule has 1 saturated carbocycles. The number of carbonyl (C=O) groups excluding carboxylic acids is 3. The summed E-state index contributed by atoms with van der Waals surface area (Å²) in [5.41, 5.74) is 5.39. The highest BCUT2D eigenvalue weighted by atomic mass is 16.7. The number of rotatable bonds is 5. The number of ketones is 2. The molecule has 12 nitrogen and oxygen atoms in total. The van der Waals surface area contributed by atoms with Crippen molar-refractivity contribution in [3.63, 3.8) is 0 Å². The first-order valence-corrected chi connectivity index (χ1v) is 16.2. The summed E-state index contributed by atoms with van der Waals surface area (Å²) >= 11 is 0. The van der Waals surface area contributed by atoms with Crippen molar-refractivity contribution in [1.29, 1.82) is 0 Å². The van der Waals surface area contributed by atoms with Gasteiger partial charge in [-0.2, -0.15) is 0 Å². The standard InChI is InChI=1S/C36H39N3O9/c1-35(2,3)47-34(43)46-24-16-19(23-11-8-12-39(23)4)13-20-14-21-15-22-28(37)30-27(33(38-48-30)45-17-18-9-6-5-7-10-18)32(42)36(22,44)31(41)26(21)29(40)25(20)24/h5-7,9-10,13,16,21-23,28,40,44H,8,11-12,14-15,17,37H2,1-4H3/t21-,22-,23?,28-,36-/m0/s1. The number of benzene rings is 2. The zero-order valence-corrected chi connectivity index (χ0v) is 27.3. The molecular weight excluding hydrogens is 618 g/mol. The molecule has 2 heterocycles. The zero-order valence-electron chi connectivity index (χ0n) is 27.3. The first kappa shape index (κ1) is 32.0. The van der Waals surface area contributed by atoms with Crippen molar-refractivity contribution in [3.8, 4) is 11.6 Å². The van der Waals surface area contributed by atoms with E-state index in [1.807, 2.05) is 43.4 Å². The maximum Gasteiger partial charge on any atom is 0.514 e. The van der Waals surface area contributed by atoms with Gasteiger partial charge in [-0.15, -0.1) is 0 Å². The number of hydrogen-bond donors (Lipinski definition) is 3. The van der Waals surface area contributed by atoms with Gasteiger partial charge in [0.15, 0.2) is 11.4 Å². The molecule has 0 radical (unpaired) electrons. The summed E-state index contributed by atoms with van der Waals surface area (Å²) < 4.78 is 22.4. The van der Waals surface area contributed by atoms with Gasteiger partial charge < -0.3 is 34.7 Å². The topological polar surface area (TPSA) is 175 Å². The van der Waals surface area contributed by atoms with E-state index in [1.165, 1.54) is 0 Å². The number of nitrogens with zero attached hydrogens (tertiary/aromatic N) is 2. The van der Waals surface area contributed by atoms with E-state index in [-0.39, 0.29) is 59.6 Å². The van der Waals surface area contributed by atoms with Crippen LogP contribution in [0, 0.1) is 11.8 Å². The highest BCUT2D eigenvalue weighted by Crippen LogP contribution is 2.54. The normalized spacial score (nSPS) is 26.8. The van der Waals surface area contributed by atoms with E-state index in [9.17, 15) is 24.6 Å². The Balaban J connectivity index is 1.28. The third-order valence-corrected chi connectivity index (χ3v) is 9.94. The molecule has 0 amide bonds. The summed E-state index contributed by atoms with van der Waals surface area (Å²) in [6.45, 7) is 6.09. The maximum atomic E-state index is 14.4. The number of carbonyl (C=O) groups is 3. The second-order valence-electron chi connectivity index (χ2n) is 14.2. The summed E-state index contributed by atoms with van der Waals surface area (Å²) in [5.74, 6) is -4.11. The molecule has 2 aromatic carbocycles. The Labute approximate surface area is 277 Å². The Kier molecular flexibility index (Phi) is 7.73. The number of aliphatic hydroxyl groups is 2. The van der Waals surface area contributed by atoms with Crippen LogP contribution in [0.1, 0.15) is 90.5 Å². The van der Waals surface area contributed by atoms with Crippen molar-refractivity contribution in [2.45, 2.75) is 76.3 Å². The molecule has 4 N–H and O–H groups in total. The fourth-order valence-corrected chi connectivity index (χ4v) is 7.73. The second-order valence-corrected chi connectivity index (χ2v) is 14.2. The van der Waals surface area contributed by atoms with Crippen LogP contribution in [0.15, 0.2) is 52.6 Å². The molecule has 2 fully saturated rings. The summed E-state index contributed by atoms with van der Waals surface area (Å²) in [4.78, 5) is 43.6. The first-order chi connectivity index (χ1) is 22.8. The maximum absolute atomic E-state index is 14.4. The van der Waals surface area contributed by atoms with Gasteiger partial charge in [-0.25, -0.2) is 4.79 Å². The van der Waals surface area contributed by atoms with Crippen LogP contribution in [0.25, 0.3) is 5.76 Å².